The van der Waals surface area contributed by atoms with E-state index in [-0.39, 0.29) is 12.1 Å². The van der Waals surface area contributed by atoms with Crippen molar-refractivity contribution in [1.82, 2.24) is 0 Å². The van der Waals surface area contributed by atoms with Gasteiger partial charge in [-0.15, -0.1) is 0 Å². The molecule has 0 aromatic rings. The molecule has 4 heteroatoms. The van der Waals surface area contributed by atoms with Crippen molar-refractivity contribution in [2.45, 2.75) is 12.5 Å². The molecule has 14 heavy (non-hydrogen) atoms. The first kappa shape index (κ1) is 12.6. The minimum atomic E-state index is -2.02. The van der Waals surface area contributed by atoms with Gasteiger partial charge in [0.1, 0.15) is 0 Å². The Morgan fingerprint density at radius 3 is 2.50 bits per heavy atom. The minimum absolute atomic E-state index is 0.243. The molecule has 0 heterocycles. The lowest BCUT2D eigenvalue weighted by atomic mass is 9.93. The Morgan fingerprint density at radius 1 is 1.64 bits per heavy atom. The number of carboxylic acid groups (broad SMARTS) is 1. The normalized spacial score (nSPS) is 16.6. The van der Waals surface area contributed by atoms with Crippen LogP contribution in [0, 0.1) is 0 Å². The van der Waals surface area contributed by atoms with Gasteiger partial charge in [0, 0.05) is 6.54 Å². The van der Waals surface area contributed by atoms with Gasteiger partial charge < -0.3 is 15.9 Å². The number of aliphatic hydroxyl groups is 1. The summed E-state index contributed by atoms with van der Waals surface area (Å²) in [4.78, 5) is 10.8. The van der Waals surface area contributed by atoms with Crippen molar-refractivity contribution in [1.29, 1.82) is 0 Å². The van der Waals surface area contributed by atoms with Gasteiger partial charge in [0.25, 0.3) is 0 Å². The van der Waals surface area contributed by atoms with Crippen LogP contribution in [0.4, 0.5) is 0 Å². The largest absolute Gasteiger partial charge is 0.479 e. The van der Waals surface area contributed by atoms with Crippen LogP contribution in [0.25, 0.3) is 0 Å². The fraction of sp³-hybridized carbons (Fsp3) is 0.300. The highest BCUT2D eigenvalue weighted by Gasteiger charge is 2.36. The molecule has 0 bridgehead atoms. The Bertz CT molecular complexity index is 281. The average molecular weight is 197 g/mol. The highest BCUT2D eigenvalue weighted by Crippen LogP contribution is 2.17. The van der Waals surface area contributed by atoms with Gasteiger partial charge in [0.05, 0.1) is 0 Å². The molecule has 0 radical (unpaired) electrons. The lowest BCUT2D eigenvalue weighted by Crippen LogP contribution is -2.47. The third kappa shape index (κ3) is 2.55. The SMILES string of the molecule is C=C/C=C\C(=C/C)C(O)(CN)C(=O)O. The summed E-state index contributed by atoms with van der Waals surface area (Å²) in [5, 5.41) is 18.5. The molecule has 0 rings (SSSR count). The van der Waals surface area contributed by atoms with Gasteiger partial charge in [-0.2, -0.15) is 0 Å². The average Bonchev–Trinajstić information content (AvgIpc) is 2.18. The second-order valence-corrected chi connectivity index (χ2v) is 2.71. The lowest BCUT2D eigenvalue weighted by Gasteiger charge is -2.22. The monoisotopic (exact) mass is 197 g/mol. The van der Waals surface area contributed by atoms with E-state index >= 15 is 0 Å². The van der Waals surface area contributed by atoms with Gasteiger partial charge in [-0.05, 0) is 12.5 Å². The zero-order valence-electron chi connectivity index (χ0n) is 8.10. The first-order valence-electron chi connectivity index (χ1n) is 4.14. The van der Waals surface area contributed by atoms with Crippen LogP contribution < -0.4 is 5.73 Å². The van der Waals surface area contributed by atoms with Crippen LogP contribution in [0.15, 0.2) is 36.5 Å². The minimum Gasteiger partial charge on any atom is -0.479 e. The van der Waals surface area contributed by atoms with E-state index in [9.17, 15) is 9.90 Å². The smallest absolute Gasteiger partial charge is 0.341 e. The van der Waals surface area contributed by atoms with E-state index in [1.807, 2.05) is 0 Å². The fourth-order valence-corrected chi connectivity index (χ4v) is 0.973. The maximum atomic E-state index is 10.8. The molecule has 78 valence electrons. The highest BCUT2D eigenvalue weighted by molar-refractivity contribution is 5.82. The van der Waals surface area contributed by atoms with Crippen LogP contribution in [0.2, 0.25) is 0 Å². The van der Waals surface area contributed by atoms with Gasteiger partial charge in [-0.3, -0.25) is 0 Å². The zero-order valence-corrected chi connectivity index (χ0v) is 8.10. The number of nitrogens with two attached hydrogens (primary N) is 1. The van der Waals surface area contributed by atoms with Gasteiger partial charge in [0.2, 0.25) is 0 Å². The molecule has 0 fully saturated rings. The Labute approximate surface area is 83.0 Å². The van der Waals surface area contributed by atoms with Crippen molar-refractivity contribution in [3.8, 4) is 0 Å². The predicted octanol–water partition coefficient (Wildman–Crippen LogP) is 0.449. The summed E-state index contributed by atoms with van der Waals surface area (Å²) in [5.74, 6) is -1.36. The molecule has 1 unspecified atom stereocenters. The quantitative estimate of drug-likeness (QED) is 0.559. The van der Waals surface area contributed by atoms with E-state index in [1.54, 1.807) is 13.0 Å². The first-order valence-corrected chi connectivity index (χ1v) is 4.14. The number of rotatable bonds is 5. The highest BCUT2D eigenvalue weighted by atomic mass is 16.4. The molecule has 0 aromatic heterocycles. The van der Waals surface area contributed by atoms with Gasteiger partial charge >= 0.3 is 5.97 Å². The van der Waals surface area contributed by atoms with Crippen molar-refractivity contribution < 1.29 is 15.0 Å². The molecule has 0 aliphatic carbocycles. The Kier molecular flexibility index (Phi) is 4.83. The maximum absolute atomic E-state index is 10.8. The number of allylic oxidation sites excluding steroid dienone is 3. The van der Waals surface area contributed by atoms with Gasteiger partial charge in [-0.25, -0.2) is 4.79 Å². The van der Waals surface area contributed by atoms with E-state index in [1.165, 1.54) is 18.2 Å². The summed E-state index contributed by atoms with van der Waals surface area (Å²) in [5.41, 5.74) is 3.45. The van der Waals surface area contributed by atoms with Crippen molar-refractivity contribution in [2.24, 2.45) is 5.73 Å². The summed E-state index contributed by atoms with van der Waals surface area (Å²) in [6.45, 7) is 4.71. The van der Waals surface area contributed by atoms with Crippen molar-refractivity contribution in [3.63, 3.8) is 0 Å². The van der Waals surface area contributed by atoms with Crippen LogP contribution in [0.5, 0.6) is 0 Å². The third-order valence-corrected chi connectivity index (χ3v) is 1.85. The van der Waals surface area contributed by atoms with Gasteiger partial charge in [0.15, 0.2) is 5.60 Å². The summed E-state index contributed by atoms with van der Waals surface area (Å²) < 4.78 is 0. The molecule has 0 saturated carbocycles. The summed E-state index contributed by atoms with van der Waals surface area (Å²) in [6, 6.07) is 0. The van der Waals surface area contributed by atoms with Crippen molar-refractivity contribution >= 4 is 5.97 Å². The second kappa shape index (κ2) is 5.36. The Morgan fingerprint density at radius 2 is 2.21 bits per heavy atom. The molecular formula is C10H15NO3. The topological polar surface area (TPSA) is 83.5 Å². The summed E-state index contributed by atoms with van der Waals surface area (Å²) in [7, 11) is 0. The number of carbonyl (C=O) groups is 1. The van der Waals surface area contributed by atoms with Crippen LogP contribution in [0.3, 0.4) is 0 Å². The summed E-state index contributed by atoms with van der Waals surface area (Å²) >= 11 is 0. The van der Waals surface area contributed by atoms with E-state index in [4.69, 9.17) is 10.8 Å². The molecule has 4 nitrogen and oxygen atoms in total. The first-order chi connectivity index (χ1) is 6.52. The van der Waals surface area contributed by atoms with Crippen LogP contribution >= 0.6 is 0 Å². The van der Waals surface area contributed by atoms with E-state index in [2.05, 4.69) is 6.58 Å². The molecule has 0 saturated heterocycles. The van der Waals surface area contributed by atoms with E-state index in [0.29, 0.717) is 0 Å². The molecule has 1 atom stereocenters. The number of hydrogen-bond acceptors (Lipinski definition) is 3. The lowest BCUT2D eigenvalue weighted by molar-refractivity contribution is -0.153. The number of hydrogen-bond donors (Lipinski definition) is 3. The maximum Gasteiger partial charge on any atom is 0.341 e. The molecule has 0 aliphatic heterocycles. The predicted molar refractivity (Wildman–Crippen MR) is 54.7 cm³/mol. The molecule has 0 amide bonds. The Balaban J connectivity index is 5.08. The van der Waals surface area contributed by atoms with Crippen molar-refractivity contribution in [2.75, 3.05) is 6.54 Å². The fourth-order valence-electron chi connectivity index (χ4n) is 0.973. The van der Waals surface area contributed by atoms with E-state index in [0.717, 1.165) is 0 Å². The third-order valence-electron chi connectivity index (χ3n) is 1.85. The Hall–Kier alpha value is -1.39. The van der Waals surface area contributed by atoms with E-state index < -0.39 is 11.6 Å². The summed E-state index contributed by atoms with van der Waals surface area (Å²) in [6.07, 6.45) is 6.00. The molecular weight excluding hydrogens is 182 g/mol. The number of aliphatic carboxylic acids is 1. The second-order valence-electron chi connectivity index (χ2n) is 2.71. The van der Waals surface area contributed by atoms with Gasteiger partial charge in [-0.1, -0.05) is 30.9 Å². The number of carboxylic acids is 1. The zero-order chi connectivity index (χ0) is 11.2. The molecule has 4 N–H and O–H groups in total. The molecule has 0 aromatic carbocycles. The molecule has 0 spiro atoms. The standard InChI is InChI=1S/C10H15NO3/c1-3-5-6-8(4-2)10(14,7-11)9(12)13/h3-6,14H,1,7,11H2,2H3,(H,12,13)/b6-5-,8-4+. The van der Waals surface area contributed by atoms with Crippen LogP contribution in [0.1, 0.15) is 6.92 Å². The molecule has 0 aliphatic rings. The van der Waals surface area contributed by atoms with Crippen molar-refractivity contribution in [3.05, 3.63) is 36.5 Å². The van der Waals surface area contributed by atoms with Crippen LogP contribution in [-0.2, 0) is 4.79 Å². The van der Waals surface area contributed by atoms with Crippen LogP contribution in [-0.4, -0.2) is 28.3 Å².